The second-order valence-corrected chi connectivity index (χ2v) is 6.19. The molecule has 3 rings (SSSR count). The van der Waals surface area contributed by atoms with Crippen LogP contribution < -0.4 is 0 Å². The van der Waals surface area contributed by atoms with Crippen molar-refractivity contribution in [3.8, 4) is 6.07 Å². The molecule has 1 aliphatic heterocycles. The van der Waals surface area contributed by atoms with E-state index in [4.69, 9.17) is 0 Å². The quantitative estimate of drug-likeness (QED) is 0.744. The standard InChI is InChI=1S/C17H18N2O2/c1-12-6-8-17(11-18,9-7-12)19-15(20)10-13-4-2-3-5-14(13)16(19)21/h2-5,12H,6-10H2,1H3. The maximum atomic E-state index is 12.7. The van der Waals surface area contributed by atoms with E-state index in [-0.39, 0.29) is 18.2 Å². The van der Waals surface area contributed by atoms with Gasteiger partial charge in [0.2, 0.25) is 5.91 Å². The fourth-order valence-corrected chi connectivity index (χ4v) is 3.42. The fraction of sp³-hybridized carbons (Fsp3) is 0.471. The summed E-state index contributed by atoms with van der Waals surface area (Å²) in [6.07, 6.45) is 3.15. The lowest BCUT2D eigenvalue weighted by atomic mass is 9.75. The molecule has 21 heavy (non-hydrogen) atoms. The lowest BCUT2D eigenvalue weighted by molar-refractivity contribution is -0.133. The van der Waals surface area contributed by atoms with Crippen LogP contribution in [0.1, 0.15) is 48.5 Å². The second-order valence-electron chi connectivity index (χ2n) is 6.19. The minimum Gasteiger partial charge on any atom is -0.274 e. The maximum Gasteiger partial charge on any atom is 0.262 e. The lowest BCUT2D eigenvalue weighted by Crippen LogP contribution is -2.57. The number of imide groups is 1. The molecule has 1 aliphatic carbocycles. The fourth-order valence-electron chi connectivity index (χ4n) is 3.42. The Labute approximate surface area is 124 Å². The molecule has 0 unspecified atom stereocenters. The number of nitrogens with zero attached hydrogens (tertiary/aromatic N) is 2. The van der Waals surface area contributed by atoms with Crippen LogP contribution in [0.3, 0.4) is 0 Å². The number of hydrogen-bond donors (Lipinski definition) is 0. The maximum absolute atomic E-state index is 12.7. The average molecular weight is 282 g/mol. The van der Waals surface area contributed by atoms with Crippen molar-refractivity contribution in [2.75, 3.05) is 0 Å². The molecule has 4 nitrogen and oxygen atoms in total. The first-order valence-corrected chi connectivity index (χ1v) is 7.44. The zero-order chi connectivity index (χ0) is 15.0. The van der Waals surface area contributed by atoms with Gasteiger partial charge in [-0.3, -0.25) is 14.5 Å². The van der Waals surface area contributed by atoms with Gasteiger partial charge in [0.05, 0.1) is 12.5 Å². The first kappa shape index (κ1) is 13.8. The van der Waals surface area contributed by atoms with Crippen molar-refractivity contribution in [2.45, 2.75) is 44.6 Å². The Kier molecular flexibility index (Phi) is 3.29. The van der Waals surface area contributed by atoms with Gasteiger partial charge < -0.3 is 0 Å². The van der Waals surface area contributed by atoms with Gasteiger partial charge in [0.15, 0.2) is 0 Å². The van der Waals surface area contributed by atoms with Crippen molar-refractivity contribution >= 4 is 11.8 Å². The minimum atomic E-state index is -0.950. The Morgan fingerprint density at radius 1 is 1.24 bits per heavy atom. The number of rotatable bonds is 1. The Morgan fingerprint density at radius 2 is 1.90 bits per heavy atom. The van der Waals surface area contributed by atoms with Gasteiger partial charge in [-0.05, 0) is 43.2 Å². The van der Waals surface area contributed by atoms with Crippen molar-refractivity contribution in [2.24, 2.45) is 5.92 Å². The molecule has 2 amide bonds. The summed E-state index contributed by atoms with van der Waals surface area (Å²) in [6, 6.07) is 9.47. The summed E-state index contributed by atoms with van der Waals surface area (Å²) < 4.78 is 0. The van der Waals surface area contributed by atoms with Gasteiger partial charge in [0.25, 0.3) is 5.91 Å². The van der Waals surface area contributed by atoms with Crippen LogP contribution in [0.2, 0.25) is 0 Å². The molecule has 108 valence electrons. The average Bonchev–Trinajstić information content (AvgIpc) is 2.49. The molecule has 0 spiro atoms. The van der Waals surface area contributed by atoms with Gasteiger partial charge >= 0.3 is 0 Å². The summed E-state index contributed by atoms with van der Waals surface area (Å²) in [4.78, 5) is 26.4. The van der Waals surface area contributed by atoms with Crippen LogP contribution in [0.4, 0.5) is 0 Å². The van der Waals surface area contributed by atoms with E-state index >= 15 is 0 Å². The molecule has 0 bridgehead atoms. The van der Waals surface area contributed by atoms with Crippen LogP contribution in [0.15, 0.2) is 24.3 Å². The SMILES string of the molecule is CC1CCC(C#N)(N2C(=O)Cc3ccccc3C2=O)CC1. The summed E-state index contributed by atoms with van der Waals surface area (Å²) in [6.45, 7) is 2.15. The van der Waals surface area contributed by atoms with Gasteiger partial charge in [0, 0.05) is 5.56 Å². The van der Waals surface area contributed by atoms with E-state index in [1.165, 1.54) is 4.90 Å². The number of amides is 2. The van der Waals surface area contributed by atoms with Crippen molar-refractivity contribution < 1.29 is 9.59 Å². The Morgan fingerprint density at radius 3 is 2.57 bits per heavy atom. The molecule has 0 aromatic heterocycles. The highest BCUT2D eigenvalue weighted by atomic mass is 16.2. The van der Waals surface area contributed by atoms with Crippen molar-refractivity contribution in [3.63, 3.8) is 0 Å². The number of carbonyl (C=O) groups excluding carboxylic acids is 2. The molecule has 0 N–H and O–H groups in total. The summed E-state index contributed by atoms with van der Waals surface area (Å²) in [5, 5.41) is 9.67. The van der Waals surface area contributed by atoms with Gasteiger partial charge in [0.1, 0.15) is 5.54 Å². The van der Waals surface area contributed by atoms with E-state index in [1.54, 1.807) is 12.1 Å². The van der Waals surface area contributed by atoms with Crippen LogP contribution in [0, 0.1) is 17.2 Å². The highest BCUT2D eigenvalue weighted by molar-refractivity contribution is 6.10. The molecule has 0 atom stereocenters. The van der Waals surface area contributed by atoms with Crippen molar-refractivity contribution in [3.05, 3.63) is 35.4 Å². The smallest absolute Gasteiger partial charge is 0.262 e. The van der Waals surface area contributed by atoms with E-state index in [0.29, 0.717) is 24.3 Å². The monoisotopic (exact) mass is 282 g/mol. The van der Waals surface area contributed by atoms with Crippen molar-refractivity contribution in [1.82, 2.24) is 4.90 Å². The largest absolute Gasteiger partial charge is 0.274 e. The highest BCUT2D eigenvalue weighted by Crippen LogP contribution is 2.38. The number of carbonyl (C=O) groups is 2. The van der Waals surface area contributed by atoms with Crippen LogP contribution in [0.25, 0.3) is 0 Å². The molecule has 1 aromatic carbocycles. The van der Waals surface area contributed by atoms with Gasteiger partial charge in [-0.15, -0.1) is 0 Å². The molecule has 0 radical (unpaired) electrons. The number of hydrogen-bond acceptors (Lipinski definition) is 3. The van der Waals surface area contributed by atoms with Crippen LogP contribution >= 0.6 is 0 Å². The Bertz CT molecular complexity index is 636. The topological polar surface area (TPSA) is 61.2 Å². The summed E-state index contributed by atoms with van der Waals surface area (Å²) in [7, 11) is 0. The molecule has 1 fully saturated rings. The number of benzene rings is 1. The molecule has 1 heterocycles. The van der Waals surface area contributed by atoms with E-state index in [1.807, 2.05) is 12.1 Å². The van der Waals surface area contributed by atoms with E-state index < -0.39 is 5.54 Å². The molecular formula is C17H18N2O2. The third-order valence-electron chi connectivity index (χ3n) is 4.78. The summed E-state index contributed by atoms with van der Waals surface area (Å²) in [5.41, 5.74) is 0.375. The number of nitriles is 1. The van der Waals surface area contributed by atoms with Crippen LogP contribution in [-0.2, 0) is 11.2 Å². The second kappa shape index (κ2) is 5.00. The predicted molar refractivity (Wildman–Crippen MR) is 77.3 cm³/mol. The molecule has 2 aliphatic rings. The molecule has 4 heteroatoms. The third kappa shape index (κ3) is 2.13. The van der Waals surface area contributed by atoms with Gasteiger partial charge in [-0.2, -0.15) is 5.26 Å². The molecule has 1 saturated carbocycles. The Hall–Kier alpha value is -2.15. The lowest BCUT2D eigenvalue weighted by Gasteiger charge is -2.43. The van der Waals surface area contributed by atoms with Crippen LogP contribution in [0.5, 0.6) is 0 Å². The highest BCUT2D eigenvalue weighted by Gasteiger charge is 2.48. The van der Waals surface area contributed by atoms with E-state index in [0.717, 1.165) is 18.4 Å². The van der Waals surface area contributed by atoms with Gasteiger partial charge in [-0.1, -0.05) is 25.1 Å². The predicted octanol–water partition coefficient (Wildman–Crippen LogP) is 2.68. The first-order chi connectivity index (χ1) is 10.1. The molecule has 1 aromatic rings. The minimum absolute atomic E-state index is 0.209. The number of fused-ring (bicyclic) bond motifs is 1. The van der Waals surface area contributed by atoms with E-state index in [9.17, 15) is 14.9 Å². The summed E-state index contributed by atoms with van der Waals surface area (Å²) >= 11 is 0. The first-order valence-electron chi connectivity index (χ1n) is 7.44. The normalized spacial score (nSPS) is 29.0. The zero-order valence-corrected chi connectivity index (χ0v) is 12.1. The van der Waals surface area contributed by atoms with E-state index in [2.05, 4.69) is 13.0 Å². The van der Waals surface area contributed by atoms with Crippen molar-refractivity contribution in [1.29, 1.82) is 5.26 Å². The molecule has 0 saturated heterocycles. The third-order valence-corrected chi connectivity index (χ3v) is 4.78. The van der Waals surface area contributed by atoms with Gasteiger partial charge in [-0.25, -0.2) is 0 Å². The zero-order valence-electron chi connectivity index (χ0n) is 12.1. The van der Waals surface area contributed by atoms with Crippen LogP contribution in [-0.4, -0.2) is 22.3 Å². The molecular weight excluding hydrogens is 264 g/mol. The Balaban J connectivity index is 2.01. The summed E-state index contributed by atoms with van der Waals surface area (Å²) in [5.74, 6) is 0.00140.